The van der Waals surface area contributed by atoms with Gasteiger partial charge in [0.15, 0.2) is 0 Å². The highest BCUT2D eigenvalue weighted by Gasteiger charge is 2.01. The van der Waals surface area contributed by atoms with E-state index >= 15 is 0 Å². The molecule has 0 aromatic heterocycles. The van der Waals surface area contributed by atoms with Gasteiger partial charge in [-0.25, -0.2) is 0 Å². The molecule has 2 nitrogen and oxygen atoms in total. The minimum absolute atomic E-state index is 1.01. The molecule has 0 aliphatic carbocycles. The van der Waals surface area contributed by atoms with E-state index in [9.17, 15) is 0 Å². The van der Waals surface area contributed by atoms with Crippen molar-refractivity contribution in [2.45, 2.75) is 13.3 Å². The summed E-state index contributed by atoms with van der Waals surface area (Å²) in [7, 11) is 0. The van der Waals surface area contributed by atoms with E-state index in [1.807, 2.05) is 12.1 Å². The second-order valence-corrected chi connectivity index (χ2v) is 3.43. The number of anilines is 1. The van der Waals surface area contributed by atoms with Crippen LogP contribution >= 0.6 is 22.6 Å². The molecule has 0 atom stereocenters. The van der Waals surface area contributed by atoms with Gasteiger partial charge in [-0.15, -0.1) is 0 Å². The van der Waals surface area contributed by atoms with Crippen LogP contribution in [0.25, 0.3) is 0 Å². The SMILES string of the molecule is CCc1cccc(I)c1NN. The highest BCUT2D eigenvalue weighted by molar-refractivity contribution is 14.1. The first-order chi connectivity index (χ1) is 5.29. The minimum atomic E-state index is 1.01. The molecule has 0 unspecified atom stereocenters. The van der Waals surface area contributed by atoms with Crippen LogP contribution in [0.4, 0.5) is 5.69 Å². The Labute approximate surface area is 80.3 Å². The average molecular weight is 262 g/mol. The largest absolute Gasteiger partial charge is 0.323 e. The van der Waals surface area contributed by atoms with Gasteiger partial charge in [-0.2, -0.15) is 0 Å². The molecule has 11 heavy (non-hydrogen) atoms. The van der Waals surface area contributed by atoms with Crippen molar-refractivity contribution in [2.75, 3.05) is 5.43 Å². The van der Waals surface area contributed by atoms with Gasteiger partial charge in [-0.3, -0.25) is 5.84 Å². The van der Waals surface area contributed by atoms with Gasteiger partial charge in [0.1, 0.15) is 0 Å². The number of nitrogen functional groups attached to an aromatic ring is 1. The third-order valence-electron chi connectivity index (χ3n) is 1.63. The fourth-order valence-corrected chi connectivity index (χ4v) is 1.73. The summed E-state index contributed by atoms with van der Waals surface area (Å²) >= 11 is 2.27. The van der Waals surface area contributed by atoms with E-state index in [1.165, 1.54) is 9.13 Å². The van der Waals surface area contributed by atoms with E-state index in [-0.39, 0.29) is 0 Å². The number of para-hydroxylation sites is 1. The number of halogens is 1. The molecule has 0 fully saturated rings. The Balaban J connectivity index is 3.13. The normalized spacial score (nSPS) is 9.73. The van der Waals surface area contributed by atoms with E-state index in [1.54, 1.807) is 0 Å². The van der Waals surface area contributed by atoms with E-state index in [0.29, 0.717) is 0 Å². The Bertz CT molecular complexity index is 248. The number of nitrogens with one attached hydrogen (secondary N) is 1. The molecule has 0 aliphatic rings. The third-order valence-corrected chi connectivity index (χ3v) is 2.52. The summed E-state index contributed by atoms with van der Waals surface area (Å²) in [5, 5.41) is 0. The van der Waals surface area contributed by atoms with Gasteiger partial charge in [0.2, 0.25) is 0 Å². The zero-order chi connectivity index (χ0) is 8.27. The average Bonchev–Trinajstić information content (AvgIpc) is 2.04. The van der Waals surface area contributed by atoms with E-state index < -0.39 is 0 Å². The van der Waals surface area contributed by atoms with Crippen LogP contribution in [-0.2, 0) is 6.42 Å². The molecule has 0 aliphatic heterocycles. The lowest BCUT2D eigenvalue weighted by Gasteiger charge is -2.07. The number of nitrogens with two attached hydrogens (primary N) is 1. The van der Waals surface area contributed by atoms with Crippen molar-refractivity contribution in [3.8, 4) is 0 Å². The monoisotopic (exact) mass is 262 g/mol. The van der Waals surface area contributed by atoms with Crippen LogP contribution in [0.2, 0.25) is 0 Å². The van der Waals surface area contributed by atoms with Crippen molar-refractivity contribution >= 4 is 28.3 Å². The van der Waals surface area contributed by atoms with Crippen LogP contribution < -0.4 is 11.3 Å². The predicted octanol–water partition coefficient (Wildman–Crippen LogP) is 2.14. The molecule has 3 heteroatoms. The minimum Gasteiger partial charge on any atom is -0.323 e. The van der Waals surface area contributed by atoms with Crippen molar-refractivity contribution in [2.24, 2.45) is 5.84 Å². The Morgan fingerprint density at radius 3 is 2.73 bits per heavy atom. The van der Waals surface area contributed by atoms with Crippen LogP contribution in [-0.4, -0.2) is 0 Å². The zero-order valence-corrected chi connectivity index (χ0v) is 8.55. The molecule has 0 saturated carbocycles. The van der Waals surface area contributed by atoms with Gasteiger partial charge >= 0.3 is 0 Å². The van der Waals surface area contributed by atoms with Crippen LogP contribution in [0, 0.1) is 3.57 Å². The standard InChI is InChI=1S/C8H11IN2/c1-2-6-4-3-5-7(9)8(6)11-10/h3-5,11H,2,10H2,1H3. The zero-order valence-electron chi connectivity index (χ0n) is 6.39. The molecule has 1 aromatic carbocycles. The number of hydrazine groups is 1. The van der Waals surface area contributed by atoms with E-state index in [4.69, 9.17) is 5.84 Å². The third kappa shape index (κ3) is 1.84. The molecular formula is C8H11IN2. The Morgan fingerprint density at radius 2 is 2.27 bits per heavy atom. The second kappa shape index (κ2) is 3.92. The number of hydrogen-bond donors (Lipinski definition) is 2. The van der Waals surface area contributed by atoms with Crippen LogP contribution in [0.1, 0.15) is 12.5 Å². The maximum absolute atomic E-state index is 5.37. The van der Waals surface area contributed by atoms with Gasteiger partial charge in [0.25, 0.3) is 0 Å². The summed E-state index contributed by atoms with van der Waals surface area (Å²) in [5.74, 6) is 5.37. The molecule has 3 N–H and O–H groups in total. The molecular weight excluding hydrogens is 251 g/mol. The molecule has 0 saturated heterocycles. The van der Waals surface area contributed by atoms with Gasteiger partial charge in [-0.05, 0) is 40.6 Å². The predicted molar refractivity (Wildman–Crippen MR) is 56.3 cm³/mol. The summed E-state index contributed by atoms with van der Waals surface area (Å²) in [6, 6.07) is 6.16. The number of benzene rings is 1. The van der Waals surface area contributed by atoms with Gasteiger partial charge in [0.05, 0.1) is 5.69 Å². The van der Waals surface area contributed by atoms with Crippen LogP contribution in [0.3, 0.4) is 0 Å². The van der Waals surface area contributed by atoms with Gasteiger partial charge < -0.3 is 5.43 Å². The number of rotatable bonds is 2. The maximum atomic E-state index is 5.37. The summed E-state index contributed by atoms with van der Waals surface area (Å²) in [4.78, 5) is 0. The van der Waals surface area contributed by atoms with Gasteiger partial charge in [0, 0.05) is 3.57 Å². The smallest absolute Gasteiger partial charge is 0.0650 e. The quantitative estimate of drug-likeness (QED) is 0.487. The second-order valence-electron chi connectivity index (χ2n) is 2.27. The van der Waals surface area contributed by atoms with Crippen molar-refractivity contribution in [1.82, 2.24) is 0 Å². The van der Waals surface area contributed by atoms with Crippen molar-refractivity contribution in [3.05, 3.63) is 27.3 Å². The summed E-state index contributed by atoms with van der Waals surface area (Å²) < 4.78 is 1.17. The van der Waals surface area contributed by atoms with Crippen molar-refractivity contribution < 1.29 is 0 Å². The van der Waals surface area contributed by atoms with E-state index in [0.717, 1.165) is 12.1 Å². The summed E-state index contributed by atoms with van der Waals surface area (Å²) in [5.41, 5.74) is 5.02. The topological polar surface area (TPSA) is 38.0 Å². The van der Waals surface area contributed by atoms with Crippen molar-refractivity contribution in [3.63, 3.8) is 0 Å². The lowest BCUT2D eigenvalue weighted by Crippen LogP contribution is -2.10. The van der Waals surface area contributed by atoms with Crippen LogP contribution in [0.15, 0.2) is 18.2 Å². The highest BCUT2D eigenvalue weighted by Crippen LogP contribution is 2.21. The molecule has 0 amide bonds. The summed E-state index contributed by atoms with van der Waals surface area (Å²) in [6.07, 6.45) is 1.01. The maximum Gasteiger partial charge on any atom is 0.0650 e. The molecule has 1 rings (SSSR count). The Hall–Kier alpha value is -0.290. The van der Waals surface area contributed by atoms with Crippen LogP contribution in [0.5, 0.6) is 0 Å². The Kier molecular flexibility index (Phi) is 3.14. The molecule has 1 aromatic rings. The Morgan fingerprint density at radius 1 is 1.55 bits per heavy atom. The molecule has 0 radical (unpaired) electrons. The number of hydrogen-bond acceptors (Lipinski definition) is 2. The lowest BCUT2D eigenvalue weighted by atomic mass is 10.1. The molecule has 0 spiro atoms. The molecule has 60 valence electrons. The fourth-order valence-electron chi connectivity index (χ4n) is 1.03. The lowest BCUT2D eigenvalue weighted by molar-refractivity contribution is 1.12. The first-order valence-electron chi connectivity index (χ1n) is 3.53. The highest BCUT2D eigenvalue weighted by atomic mass is 127. The fraction of sp³-hybridized carbons (Fsp3) is 0.250. The number of aryl methyl sites for hydroxylation is 1. The van der Waals surface area contributed by atoms with E-state index in [2.05, 4.69) is 41.0 Å². The summed E-state index contributed by atoms with van der Waals surface area (Å²) in [6.45, 7) is 2.12. The molecule has 0 heterocycles. The van der Waals surface area contributed by atoms with Gasteiger partial charge in [-0.1, -0.05) is 19.1 Å². The van der Waals surface area contributed by atoms with Crippen molar-refractivity contribution in [1.29, 1.82) is 0 Å². The first kappa shape index (κ1) is 8.80. The first-order valence-corrected chi connectivity index (χ1v) is 4.61. The molecule has 0 bridgehead atoms.